The smallest absolute Gasteiger partial charge is 0.150 e. The van der Waals surface area contributed by atoms with E-state index in [1.54, 1.807) is 0 Å². The summed E-state index contributed by atoms with van der Waals surface area (Å²) >= 11 is 0. The molecule has 102 valence electrons. The van der Waals surface area contributed by atoms with Crippen molar-refractivity contribution in [2.75, 3.05) is 11.5 Å². The van der Waals surface area contributed by atoms with Gasteiger partial charge in [-0.2, -0.15) is 0 Å². The highest BCUT2D eigenvalue weighted by Crippen LogP contribution is 2.22. The normalized spacial score (nSPS) is 22.1. The number of nitrogens with two attached hydrogens (primary N) is 1. The van der Waals surface area contributed by atoms with E-state index < -0.39 is 9.84 Å². The van der Waals surface area contributed by atoms with Crippen LogP contribution in [0.4, 0.5) is 0 Å². The molecular formula is C13H17N3O2S. The van der Waals surface area contributed by atoms with Crippen LogP contribution in [-0.2, 0) is 22.8 Å². The topological polar surface area (TPSA) is 77.5 Å². The zero-order chi connectivity index (χ0) is 13.5. The van der Waals surface area contributed by atoms with Crippen LogP contribution in [0.25, 0.3) is 5.65 Å². The second-order valence-corrected chi connectivity index (χ2v) is 7.44. The van der Waals surface area contributed by atoms with E-state index in [1.807, 2.05) is 28.9 Å². The summed E-state index contributed by atoms with van der Waals surface area (Å²) in [5, 5.41) is 0. The number of fused-ring (bicyclic) bond motifs is 1. The average molecular weight is 279 g/mol. The summed E-state index contributed by atoms with van der Waals surface area (Å²) in [7, 11) is -2.81. The molecule has 0 radical (unpaired) electrons. The molecule has 2 aromatic heterocycles. The Labute approximate surface area is 112 Å². The van der Waals surface area contributed by atoms with Crippen LogP contribution in [0.15, 0.2) is 24.5 Å². The van der Waals surface area contributed by atoms with Gasteiger partial charge in [0.05, 0.1) is 17.2 Å². The third-order valence-corrected chi connectivity index (χ3v) is 5.46. The molecule has 0 aliphatic carbocycles. The molecule has 0 bridgehead atoms. The molecule has 1 unspecified atom stereocenters. The molecule has 1 atom stereocenters. The molecule has 1 aliphatic heterocycles. The first kappa shape index (κ1) is 12.6. The molecule has 5 nitrogen and oxygen atoms in total. The van der Waals surface area contributed by atoms with Crippen molar-refractivity contribution in [3.63, 3.8) is 0 Å². The highest BCUT2D eigenvalue weighted by atomic mass is 32.2. The van der Waals surface area contributed by atoms with E-state index in [2.05, 4.69) is 4.98 Å². The van der Waals surface area contributed by atoms with Gasteiger partial charge in [-0.15, -0.1) is 0 Å². The Morgan fingerprint density at radius 3 is 2.89 bits per heavy atom. The summed E-state index contributed by atoms with van der Waals surface area (Å²) in [5.41, 5.74) is 8.50. The average Bonchev–Trinajstić information content (AvgIpc) is 2.91. The fourth-order valence-corrected chi connectivity index (χ4v) is 4.50. The van der Waals surface area contributed by atoms with Gasteiger partial charge in [-0.3, -0.25) is 0 Å². The van der Waals surface area contributed by atoms with Gasteiger partial charge in [0.2, 0.25) is 0 Å². The van der Waals surface area contributed by atoms with Crippen molar-refractivity contribution in [2.45, 2.75) is 19.4 Å². The fourth-order valence-electron chi connectivity index (χ4n) is 2.64. The first-order chi connectivity index (χ1) is 9.05. The molecule has 0 spiro atoms. The van der Waals surface area contributed by atoms with E-state index in [0.29, 0.717) is 18.1 Å². The maximum absolute atomic E-state index is 11.4. The molecule has 2 aromatic rings. The van der Waals surface area contributed by atoms with Crippen molar-refractivity contribution in [1.82, 2.24) is 9.38 Å². The Morgan fingerprint density at radius 1 is 1.37 bits per heavy atom. The van der Waals surface area contributed by atoms with Crippen molar-refractivity contribution < 1.29 is 8.42 Å². The third kappa shape index (κ3) is 2.64. The van der Waals surface area contributed by atoms with E-state index in [-0.39, 0.29) is 5.92 Å². The van der Waals surface area contributed by atoms with E-state index in [1.165, 1.54) is 0 Å². The number of nitrogens with zero attached hydrogens (tertiary/aromatic N) is 2. The molecular weight excluding hydrogens is 262 g/mol. The lowest BCUT2D eigenvalue weighted by molar-refractivity contribution is 0.578. The lowest BCUT2D eigenvalue weighted by atomic mass is 10.0. The van der Waals surface area contributed by atoms with Crippen LogP contribution < -0.4 is 5.73 Å². The van der Waals surface area contributed by atoms with Gasteiger partial charge < -0.3 is 10.1 Å². The highest BCUT2D eigenvalue weighted by molar-refractivity contribution is 7.91. The van der Waals surface area contributed by atoms with Crippen LogP contribution >= 0.6 is 0 Å². The maximum Gasteiger partial charge on any atom is 0.150 e. The van der Waals surface area contributed by atoms with Crippen molar-refractivity contribution in [2.24, 2.45) is 11.7 Å². The number of pyridine rings is 1. The molecule has 3 rings (SSSR count). The van der Waals surface area contributed by atoms with Gasteiger partial charge in [0.1, 0.15) is 5.65 Å². The number of rotatable bonds is 3. The predicted molar refractivity (Wildman–Crippen MR) is 73.5 cm³/mol. The Bertz CT molecular complexity index is 706. The predicted octanol–water partition coefficient (Wildman–Crippen LogP) is 0.770. The molecule has 0 saturated carbocycles. The summed E-state index contributed by atoms with van der Waals surface area (Å²) in [4.78, 5) is 4.53. The number of imidazole rings is 1. The fraction of sp³-hybridized carbons (Fsp3) is 0.462. The lowest BCUT2D eigenvalue weighted by Crippen LogP contribution is -2.07. The Kier molecular flexibility index (Phi) is 3.06. The number of hydrogen-bond acceptors (Lipinski definition) is 4. The van der Waals surface area contributed by atoms with Gasteiger partial charge in [-0.05, 0) is 30.4 Å². The van der Waals surface area contributed by atoms with Gasteiger partial charge >= 0.3 is 0 Å². The lowest BCUT2D eigenvalue weighted by Gasteiger charge is -2.03. The van der Waals surface area contributed by atoms with Crippen molar-refractivity contribution in [1.29, 1.82) is 0 Å². The second-order valence-electron chi connectivity index (χ2n) is 5.21. The summed E-state index contributed by atoms with van der Waals surface area (Å²) in [6, 6.07) is 3.91. The molecule has 19 heavy (non-hydrogen) atoms. The second kappa shape index (κ2) is 4.61. The Hall–Kier alpha value is -1.40. The summed E-state index contributed by atoms with van der Waals surface area (Å²) in [6.45, 7) is 0.504. The van der Waals surface area contributed by atoms with Crippen molar-refractivity contribution in [3.8, 4) is 0 Å². The van der Waals surface area contributed by atoms with Crippen LogP contribution in [0.5, 0.6) is 0 Å². The van der Waals surface area contributed by atoms with E-state index in [0.717, 1.165) is 29.7 Å². The maximum atomic E-state index is 11.4. The van der Waals surface area contributed by atoms with E-state index in [9.17, 15) is 8.42 Å². The van der Waals surface area contributed by atoms with E-state index >= 15 is 0 Å². The standard InChI is InChI=1S/C13H17N3O2S/c14-6-11-1-2-13-15-12(8-16(13)7-11)5-10-3-4-19(17,18)9-10/h1-2,7-8,10H,3-6,9,14H2. The monoisotopic (exact) mass is 279 g/mol. The summed E-state index contributed by atoms with van der Waals surface area (Å²) in [5.74, 6) is 0.834. The Balaban J connectivity index is 1.82. The molecule has 1 aliphatic rings. The van der Waals surface area contributed by atoms with Crippen LogP contribution in [0, 0.1) is 5.92 Å². The zero-order valence-electron chi connectivity index (χ0n) is 10.6. The molecule has 0 amide bonds. The minimum atomic E-state index is -2.81. The van der Waals surface area contributed by atoms with Crippen LogP contribution in [0.2, 0.25) is 0 Å². The first-order valence-corrected chi connectivity index (χ1v) is 8.25. The molecule has 1 fully saturated rings. The van der Waals surface area contributed by atoms with E-state index in [4.69, 9.17) is 5.73 Å². The molecule has 1 saturated heterocycles. The van der Waals surface area contributed by atoms with Crippen LogP contribution in [0.1, 0.15) is 17.7 Å². The number of aromatic nitrogens is 2. The van der Waals surface area contributed by atoms with Crippen LogP contribution in [-0.4, -0.2) is 29.3 Å². The minimum Gasteiger partial charge on any atom is -0.326 e. The van der Waals surface area contributed by atoms with Crippen molar-refractivity contribution in [3.05, 3.63) is 35.8 Å². The van der Waals surface area contributed by atoms with Crippen LogP contribution in [0.3, 0.4) is 0 Å². The van der Waals surface area contributed by atoms with Gasteiger partial charge in [0.15, 0.2) is 9.84 Å². The minimum absolute atomic E-state index is 0.212. The SMILES string of the molecule is NCc1ccc2nc(CC3CCS(=O)(=O)C3)cn2c1. The third-order valence-electron chi connectivity index (χ3n) is 3.62. The van der Waals surface area contributed by atoms with Gasteiger partial charge in [-0.1, -0.05) is 6.07 Å². The van der Waals surface area contributed by atoms with Gasteiger partial charge in [0.25, 0.3) is 0 Å². The van der Waals surface area contributed by atoms with Gasteiger partial charge in [0, 0.05) is 18.9 Å². The number of hydrogen-bond donors (Lipinski definition) is 1. The first-order valence-electron chi connectivity index (χ1n) is 6.43. The quantitative estimate of drug-likeness (QED) is 0.900. The van der Waals surface area contributed by atoms with Crippen molar-refractivity contribution >= 4 is 15.5 Å². The summed E-state index contributed by atoms with van der Waals surface area (Å²) in [6.07, 6.45) is 5.43. The molecule has 2 N–H and O–H groups in total. The largest absolute Gasteiger partial charge is 0.326 e. The molecule has 6 heteroatoms. The summed E-state index contributed by atoms with van der Waals surface area (Å²) < 4.78 is 24.9. The zero-order valence-corrected chi connectivity index (χ0v) is 11.4. The molecule has 0 aromatic carbocycles. The van der Waals surface area contributed by atoms with Gasteiger partial charge in [-0.25, -0.2) is 13.4 Å². The molecule has 3 heterocycles. The highest BCUT2D eigenvalue weighted by Gasteiger charge is 2.28. The Morgan fingerprint density at radius 2 is 2.21 bits per heavy atom. The number of sulfone groups is 1.